The third-order valence-corrected chi connectivity index (χ3v) is 5.08. The van der Waals surface area contributed by atoms with E-state index in [2.05, 4.69) is 5.16 Å². The summed E-state index contributed by atoms with van der Waals surface area (Å²) in [5, 5.41) is 4.84. The highest BCUT2D eigenvalue weighted by Gasteiger charge is 2.26. The molecule has 0 bridgehead atoms. The lowest BCUT2D eigenvalue weighted by molar-refractivity contribution is 0.0756. The number of fused-ring (bicyclic) bond motifs is 1. The van der Waals surface area contributed by atoms with Gasteiger partial charge in [-0.1, -0.05) is 35.5 Å². The van der Waals surface area contributed by atoms with Gasteiger partial charge in [0.2, 0.25) is 5.76 Å². The van der Waals surface area contributed by atoms with Crippen LogP contribution in [0.15, 0.2) is 57.5 Å². The molecule has 148 valence electrons. The molecule has 2 heterocycles. The van der Waals surface area contributed by atoms with Gasteiger partial charge in [0.15, 0.2) is 0 Å². The highest BCUT2D eigenvalue weighted by atomic mass is 16.5. The van der Waals surface area contributed by atoms with Gasteiger partial charge in [-0.2, -0.15) is 0 Å². The summed E-state index contributed by atoms with van der Waals surface area (Å²) in [4.78, 5) is 15.0. The van der Waals surface area contributed by atoms with Crippen LogP contribution < -0.4 is 4.74 Å². The number of aryl methyl sites for hydroxylation is 2. The van der Waals surface area contributed by atoms with Gasteiger partial charge in [0.05, 0.1) is 19.3 Å². The minimum absolute atomic E-state index is 0.209. The Balaban J connectivity index is 1.80. The first-order chi connectivity index (χ1) is 14.0. The maximum absolute atomic E-state index is 13.4. The lowest BCUT2D eigenvalue weighted by Gasteiger charge is -2.16. The van der Waals surface area contributed by atoms with E-state index in [1.807, 2.05) is 56.3 Å². The monoisotopic (exact) mass is 390 g/mol. The number of carbonyl (C=O) groups excluding carboxylic acids is 1. The van der Waals surface area contributed by atoms with Crippen molar-refractivity contribution < 1.29 is 18.5 Å². The SMILES string of the molecule is COc1ccc2c(-c3ccccc3)c(C(=O)N(C)Cc3c(C)noc3C)oc2c1. The van der Waals surface area contributed by atoms with Gasteiger partial charge in [0.25, 0.3) is 5.91 Å². The van der Waals surface area contributed by atoms with Crippen LogP contribution in [0, 0.1) is 13.8 Å². The topological polar surface area (TPSA) is 68.7 Å². The number of hydrogen-bond acceptors (Lipinski definition) is 5. The summed E-state index contributed by atoms with van der Waals surface area (Å²) >= 11 is 0. The molecule has 0 saturated heterocycles. The summed E-state index contributed by atoms with van der Waals surface area (Å²) in [6.45, 7) is 4.10. The molecule has 2 aromatic heterocycles. The maximum Gasteiger partial charge on any atom is 0.290 e. The number of carbonyl (C=O) groups is 1. The number of furan rings is 1. The molecule has 29 heavy (non-hydrogen) atoms. The molecule has 0 saturated carbocycles. The zero-order valence-corrected chi connectivity index (χ0v) is 16.9. The third-order valence-electron chi connectivity index (χ3n) is 5.08. The molecule has 0 radical (unpaired) electrons. The molecule has 4 aromatic rings. The maximum atomic E-state index is 13.4. The molecule has 0 aliphatic rings. The second-order valence-corrected chi connectivity index (χ2v) is 7.00. The zero-order valence-electron chi connectivity index (χ0n) is 16.9. The van der Waals surface area contributed by atoms with Crippen molar-refractivity contribution in [3.05, 3.63) is 71.3 Å². The Morgan fingerprint density at radius 3 is 2.55 bits per heavy atom. The summed E-state index contributed by atoms with van der Waals surface area (Å²) in [6, 6.07) is 15.4. The summed E-state index contributed by atoms with van der Waals surface area (Å²) in [6.07, 6.45) is 0. The molecular formula is C23H22N2O4. The number of rotatable bonds is 5. The van der Waals surface area contributed by atoms with E-state index in [-0.39, 0.29) is 5.91 Å². The lowest BCUT2D eigenvalue weighted by Crippen LogP contribution is -2.26. The van der Waals surface area contributed by atoms with Crippen LogP contribution >= 0.6 is 0 Å². The lowest BCUT2D eigenvalue weighted by atomic mass is 10.0. The Hall–Kier alpha value is -3.54. The van der Waals surface area contributed by atoms with Crippen molar-refractivity contribution in [1.82, 2.24) is 10.1 Å². The first-order valence-electron chi connectivity index (χ1n) is 9.32. The van der Waals surface area contributed by atoms with E-state index in [9.17, 15) is 4.79 Å². The number of methoxy groups -OCH3 is 1. The molecule has 0 N–H and O–H groups in total. The molecule has 6 nitrogen and oxygen atoms in total. The molecule has 6 heteroatoms. The smallest absolute Gasteiger partial charge is 0.290 e. The average Bonchev–Trinajstić information content (AvgIpc) is 3.28. The summed E-state index contributed by atoms with van der Waals surface area (Å²) in [5.74, 6) is 1.47. The molecule has 1 amide bonds. The van der Waals surface area contributed by atoms with E-state index < -0.39 is 0 Å². The normalized spacial score (nSPS) is 11.0. The Morgan fingerprint density at radius 1 is 1.14 bits per heavy atom. The number of ether oxygens (including phenoxy) is 1. The van der Waals surface area contributed by atoms with Crippen LogP contribution in [0.2, 0.25) is 0 Å². The molecular weight excluding hydrogens is 368 g/mol. The summed E-state index contributed by atoms with van der Waals surface area (Å²) in [5.41, 5.74) is 3.99. The van der Waals surface area contributed by atoms with Crippen molar-refractivity contribution >= 4 is 16.9 Å². The van der Waals surface area contributed by atoms with Crippen LogP contribution in [0.25, 0.3) is 22.1 Å². The van der Waals surface area contributed by atoms with Crippen LogP contribution in [0.5, 0.6) is 5.75 Å². The van der Waals surface area contributed by atoms with Crippen molar-refractivity contribution in [3.8, 4) is 16.9 Å². The van der Waals surface area contributed by atoms with Gasteiger partial charge < -0.3 is 18.6 Å². The Bertz CT molecular complexity index is 1160. The zero-order chi connectivity index (χ0) is 20.5. The average molecular weight is 390 g/mol. The van der Waals surface area contributed by atoms with E-state index >= 15 is 0 Å². The van der Waals surface area contributed by atoms with Crippen LogP contribution in [0.3, 0.4) is 0 Å². The van der Waals surface area contributed by atoms with Gasteiger partial charge in [-0.05, 0) is 31.5 Å². The molecule has 0 fully saturated rings. The molecule has 0 aliphatic carbocycles. The number of aromatic nitrogens is 1. The molecule has 0 atom stereocenters. The minimum Gasteiger partial charge on any atom is -0.497 e. The van der Waals surface area contributed by atoms with Crippen molar-refractivity contribution in [3.63, 3.8) is 0 Å². The van der Waals surface area contributed by atoms with Crippen LogP contribution in [-0.4, -0.2) is 30.1 Å². The van der Waals surface area contributed by atoms with E-state index in [4.69, 9.17) is 13.7 Å². The molecule has 0 aliphatic heterocycles. The highest BCUT2D eigenvalue weighted by Crippen LogP contribution is 2.37. The quantitative estimate of drug-likeness (QED) is 0.480. The summed E-state index contributed by atoms with van der Waals surface area (Å²) < 4.78 is 16.6. The van der Waals surface area contributed by atoms with Gasteiger partial charge in [-0.3, -0.25) is 4.79 Å². The number of benzene rings is 2. The molecule has 0 unspecified atom stereocenters. The van der Waals surface area contributed by atoms with Crippen molar-refractivity contribution in [2.75, 3.05) is 14.2 Å². The van der Waals surface area contributed by atoms with Crippen molar-refractivity contribution in [1.29, 1.82) is 0 Å². The predicted octanol–water partition coefficient (Wildman–Crippen LogP) is 4.99. The van der Waals surface area contributed by atoms with Crippen LogP contribution in [0.4, 0.5) is 0 Å². The Morgan fingerprint density at radius 2 is 1.90 bits per heavy atom. The Kier molecular flexibility index (Phi) is 4.84. The second kappa shape index (κ2) is 7.47. The standard InChI is InChI=1S/C23H22N2O4/c1-14-19(15(2)29-24-14)13-25(3)23(26)22-21(16-8-6-5-7-9-16)18-11-10-17(27-4)12-20(18)28-22/h5-12H,13H2,1-4H3. The first kappa shape index (κ1) is 18.8. The predicted molar refractivity (Wildman–Crippen MR) is 110 cm³/mol. The van der Waals surface area contributed by atoms with E-state index in [0.717, 1.165) is 27.8 Å². The van der Waals surface area contributed by atoms with Gasteiger partial charge in [0, 0.05) is 29.6 Å². The van der Waals surface area contributed by atoms with Gasteiger partial charge in [-0.25, -0.2) is 0 Å². The summed E-state index contributed by atoms with van der Waals surface area (Å²) in [7, 11) is 3.35. The first-order valence-corrected chi connectivity index (χ1v) is 9.32. The van der Waals surface area contributed by atoms with E-state index in [0.29, 0.717) is 29.4 Å². The van der Waals surface area contributed by atoms with Gasteiger partial charge >= 0.3 is 0 Å². The number of nitrogens with zero attached hydrogens (tertiary/aromatic N) is 2. The number of amides is 1. The van der Waals surface area contributed by atoms with Crippen LogP contribution in [0.1, 0.15) is 27.6 Å². The van der Waals surface area contributed by atoms with Crippen molar-refractivity contribution in [2.24, 2.45) is 0 Å². The Labute approximate surface area is 168 Å². The minimum atomic E-state index is -0.209. The fourth-order valence-electron chi connectivity index (χ4n) is 3.46. The van der Waals surface area contributed by atoms with E-state index in [1.54, 1.807) is 25.1 Å². The van der Waals surface area contributed by atoms with Gasteiger partial charge in [0.1, 0.15) is 17.1 Å². The fraction of sp³-hybridized carbons (Fsp3) is 0.217. The molecule has 4 rings (SSSR count). The molecule has 2 aromatic carbocycles. The highest BCUT2D eigenvalue weighted by molar-refractivity contribution is 6.08. The molecule has 0 spiro atoms. The fourth-order valence-corrected chi connectivity index (χ4v) is 3.46. The van der Waals surface area contributed by atoms with E-state index in [1.165, 1.54) is 0 Å². The second-order valence-electron chi connectivity index (χ2n) is 7.00. The number of hydrogen-bond donors (Lipinski definition) is 0. The van der Waals surface area contributed by atoms with Crippen molar-refractivity contribution in [2.45, 2.75) is 20.4 Å². The third kappa shape index (κ3) is 3.38. The largest absolute Gasteiger partial charge is 0.497 e. The van der Waals surface area contributed by atoms with Gasteiger partial charge in [-0.15, -0.1) is 0 Å². The van der Waals surface area contributed by atoms with Crippen LogP contribution in [-0.2, 0) is 6.54 Å².